The third-order valence-electron chi connectivity index (χ3n) is 2.73. The molecule has 0 unspecified atom stereocenters. The molecule has 0 saturated heterocycles. The number of benzene rings is 1. The van der Waals surface area contributed by atoms with E-state index in [2.05, 4.69) is 0 Å². The lowest BCUT2D eigenvalue weighted by Crippen LogP contribution is -1.93. The Morgan fingerprint density at radius 3 is 2.41 bits per heavy atom. The molecule has 0 saturated carbocycles. The molecule has 1 aromatic carbocycles. The molecule has 2 aromatic rings. The zero-order valence-corrected chi connectivity index (χ0v) is 10.9. The molecule has 0 aliphatic rings. The molecule has 2 N–H and O–H groups in total. The van der Waals surface area contributed by atoms with Gasteiger partial charge in [0, 0.05) is 22.5 Å². The van der Waals surface area contributed by atoms with Crippen LogP contribution in [0.1, 0.15) is 35.8 Å². The Balaban J connectivity index is 2.22. The van der Waals surface area contributed by atoms with Crippen molar-refractivity contribution in [1.82, 2.24) is 0 Å². The van der Waals surface area contributed by atoms with Gasteiger partial charge in [-0.2, -0.15) is 0 Å². The number of nitrogens with two attached hydrogens (primary N) is 1. The zero-order chi connectivity index (χ0) is 12.4. The number of nitrogen functional groups attached to an aromatic ring is 1. The van der Waals surface area contributed by atoms with Crippen LogP contribution in [0.2, 0.25) is 0 Å². The van der Waals surface area contributed by atoms with Crippen LogP contribution in [-0.4, -0.2) is 0 Å². The van der Waals surface area contributed by atoms with E-state index in [9.17, 15) is 4.39 Å². The summed E-state index contributed by atoms with van der Waals surface area (Å²) in [4.78, 5) is 0.843. The maximum atomic E-state index is 14.0. The Hall–Kier alpha value is -1.35. The molecule has 17 heavy (non-hydrogen) atoms. The van der Waals surface area contributed by atoms with Crippen molar-refractivity contribution >= 4 is 17.0 Å². The van der Waals surface area contributed by atoms with Gasteiger partial charge in [0.1, 0.15) is 5.82 Å². The van der Waals surface area contributed by atoms with Gasteiger partial charge in [0.05, 0.1) is 0 Å². The van der Waals surface area contributed by atoms with E-state index in [0.29, 0.717) is 6.42 Å². The normalized spacial score (nSPS) is 11.1. The lowest BCUT2D eigenvalue weighted by molar-refractivity contribution is 0.597. The number of anilines is 1. The van der Waals surface area contributed by atoms with Crippen molar-refractivity contribution in [2.75, 3.05) is 5.73 Å². The van der Waals surface area contributed by atoms with Crippen LogP contribution in [0, 0.1) is 5.82 Å². The number of halogens is 1. The molecule has 1 nitrogen and oxygen atoms in total. The molecule has 0 bridgehead atoms. The highest BCUT2D eigenvalue weighted by Crippen LogP contribution is 2.29. The van der Waals surface area contributed by atoms with Crippen molar-refractivity contribution in [1.29, 1.82) is 0 Å². The second-order valence-corrected chi connectivity index (χ2v) is 5.42. The molecular weight excluding hydrogens is 233 g/mol. The van der Waals surface area contributed by atoms with E-state index in [1.54, 1.807) is 0 Å². The van der Waals surface area contributed by atoms with E-state index in [0.717, 1.165) is 21.7 Å². The van der Waals surface area contributed by atoms with Crippen LogP contribution < -0.4 is 5.73 Å². The smallest absolute Gasteiger partial charge is 0.140 e. The summed E-state index contributed by atoms with van der Waals surface area (Å²) in [6.45, 7) is 4.03. The largest absolute Gasteiger partial charge is 0.399 e. The molecule has 0 fully saturated rings. The summed E-state index contributed by atoms with van der Waals surface area (Å²) in [5.41, 5.74) is 8.23. The summed E-state index contributed by atoms with van der Waals surface area (Å²) in [5.74, 6) is 0.210. The predicted octanol–water partition coefficient (Wildman–Crippen LogP) is 4.18. The molecule has 0 aliphatic heterocycles. The number of hydrogen-bond donors (Lipinski definition) is 1. The predicted molar refractivity (Wildman–Crippen MR) is 72.0 cm³/mol. The summed E-state index contributed by atoms with van der Waals surface area (Å²) >= 11 is 1.51. The van der Waals surface area contributed by atoms with Crippen LogP contribution in [0.25, 0.3) is 0 Å². The van der Waals surface area contributed by atoms with Gasteiger partial charge in [-0.05, 0) is 29.0 Å². The van der Waals surface area contributed by atoms with Gasteiger partial charge in [-0.3, -0.25) is 0 Å². The van der Waals surface area contributed by atoms with Crippen molar-refractivity contribution in [3.05, 3.63) is 51.5 Å². The van der Waals surface area contributed by atoms with Crippen LogP contribution in [0.3, 0.4) is 0 Å². The fourth-order valence-corrected chi connectivity index (χ4v) is 2.72. The van der Waals surface area contributed by atoms with Crippen molar-refractivity contribution in [2.45, 2.75) is 26.2 Å². The van der Waals surface area contributed by atoms with E-state index in [1.807, 2.05) is 43.5 Å². The number of thiophene rings is 1. The Kier molecular flexibility index (Phi) is 3.48. The fourth-order valence-electron chi connectivity index (χ4n) is 1.76. The van der Waals surface area contributed by atoms with Crippen LogP contribution in [0.4, 0.5) is 10.1 Å². The fraction of sp³-hybridized carbons (Fsp3) is 0.286. The molecule has 0 spiro atoms. The number of hydrogen-bond acceptors (Lipinski definition) is 2. The summed E-state index contributed by atoms with van der Waals surface area (Å²) in [6.07, 6.45) is 0.634. The monoisotopic (exact) mass is 249 g/mol. The van der Waals surface area contributed by atoms with E-state index < -0.39 is 0 Å². The van der Waals surface area contributed by atoms with E-state index >= 15 is 0 Å². The Morgan fingerprint density at radius 1 is 1.24 bits per heavy atom. The van der Waals surface area contributed by atoms with Crippen molar-refractivity contribution in [3.8, 4) is 0 Å². The van der Waals surface area contributed by atoms with Crippen molar-refractivity contribution in [2.24, 2.45) is 0 Å². The first-order chi connectivity index (χ1) is 8.08. The highest BCUT2D eigenvalue weighted by atomic mass is 32.1. The first kappa shape index (κ1) is 12.1. The van der Waals surface area contributed by atoms with Gasteiger partial charge in [0.2, 0.25) is 0 Å². The molecule has 0 atom stereocenters. The summed E-state index contributed by atoms with van der Waals surface area (Å²) in [5, 5.41) is 1.92. The molecule has 3 heteroatoms. The highest BCUT2D eigenvalue weighted by Gasteiger charge is 2.14. The molecular formula is C14H16FNS. The average Bonchev–Trinajstić information content (AvgIpc) is 2.64. The second-order valence-electron chi connectivity index (χ2n) is 4.51. The van der Waals surface area contributed by atoms with Gasteiger partial charge in [-0.1, -0.05) is 26.0 Å². The topological polar surface area (TPSA) is 26.0 Å². The van der Waals surface area contributed by atoms with Crippen LogP contribution >= 0.6 is 11.3 Å². The minimum atomic E-state index is -0.0400. The molecule has 0 amide bonds. The lowest BCUT2D eigenvalue weighted by Gasteiger charge is -2.03. The SMILES string of the molecule is CC(C)c1scc(Cc2ccc(N)cc2)c1F. The molecule has 1 aromatic heterocycles. The van der Waals surface area contributed by atoms with Crippen molar-refractivity contribution in [3.63, 3.8) is 0 Å². The van der Waals surface area contributed by atoms with E-state index in [1.165, 1.54) is 11.3 Å². The van der Waals surface area contributed by atoms with Gasteiger partial charge in [-0.15, -0.1) is 11.3 Å². The minimum absolute atomic E-state index is 0.0400. The van der Waals surface area contributed by atoms with Crippen LogP contribution in [0.15, 0.2) is 29.6 Å². The van der Waals surface area contributed by atoms with Gasteiger partial charge in [0.25, 0.3) is 0 Å². The summed E-state index contributed by atoms with van der Waals surface area (Å²) in [6, 6.07) is 7.59. The third kappa shape index (κ3) is 2.67. The first-order valence-corrected chi connectivity index (χ1v) is 6.56. The minimum Gasteiger partial charge on any atom is -0.399 e. The highest BCUT2D eigenvalue weighted by molar-refractivity contribution is 7.10. The van der Waals surface area contributed by atoms with Gasteiger partial charge >= 0.3 is 0 Å². The maximum absolute atomic E-state index is 14.0. The third-order valence-corrected chi connectivity index (χ3v) is 4.03. The Labute approximate surface area is 105 Å². The molecule has 0 radical (unpaired) electrons. The molecule has 1 heterocycles. The van der Waals surface area contributed by atoms with Crippen molar-refractivity contribution < 1.29 is 4.39 Å². The maximum Gasteiger partial charge on any atom is 0.140 e. The molecule has 90 valence electrons. The van der Waals surface area contributed by atoms with Crippen LogP contribution in [-0.2, 0) is 6.42 Å². The molecule has 0 aliphatic carbocycles. The zero-order valence-electron chi connectivity index (χ0n) is 10.0. The number of rotatable bonds is 3. The first-order valence-electron chi connectivity index (χ1n) is 5.68. The quantitative estimate of drug-likeness (QED) is 0.811. The standard InChI is InChI=1S/C14H16FNS/c1-9(2)14-13(15)11(8-17-14)7-10-3-5-12(16)6-4-10/h3-6,8-9H,7,16H2,1-2H3. The summed E-state index contributed by atoms with van der Waals surface area (Å²) < 4.78 is 14.0. The van der Waals surface area contributed by atoms with Gasteiger partial charge in [-0.25, -0.2) is 4.39 Å². The van der Waals surface area contributed by atoms with Gasteiger partial charge in [0.15, 0.2) is 0 Å². The van der Waals surface area contributed by atoms with E-state index in [-0.39, 0.29) is 11.7 Å². The molecule has 2 rings (SSSR count). The lowest BCUT2D eigenvalue weighted by atomic mass is 10.0. The Bertz CT molecular complexity index is 499. The summed E-state index contributed by atoms with van der Waals surface area (Å²) in [7, 11) is 0. The van der Waals surface area contributed by atoms with Gasteiger partial charge < -0.3 is 5.73 Å². The van der Waals surface area contributed by atoms with Crippen LogP contribution in [0.5, 0.6) is 0 Å². The second kappa shape index (κ2) is 4.88. The Morgan fingerprint density at radius 2 is 1.88 bits per heavy atom. The van der Waals surface area contributed by atoms with E-state index in [4.69, 9.17) is 5.73 Å². The average molecular weight is 249 g/mol.